The third-order valence-electron chi connectivity index (χ3n) is 3.69. The molecule has 0 aromatic carbocycles. The number of ether oxygens (including phenoxy) is 1. The van der Waals surface area contributed by atoms with Crippen molar-refractivity contribution in [1.29, 1.82) is 0 Å². The van der Waals surface area contributed by atoms with E-state index >= 15 is 0 Å². The molecule has 1 atom stereocenters. The minimum Gasteiger partial charge on any atom is -0.481 e. The Morgan fingerprint density at radius 3 is 2.61 bits per heavy atom. The van der Waals surface area contributed by atoms with Crippen LogP contribution in [0.3, 0.4) is 0 Å². The zero-order valence-electron chi connectivity index (χ0n) is 14.0. The summed E-state index contributed by atoms with van der Waals surface area (Å²) in [5.41, 5.74) is -0.0423. The maximum Gasteiger partial charge on any atom is 0.410 e. The van der Waals surface area contributed by atoms with Gasteiger partial charge in [-0.2, -0.15) is 11.3 Å². The van der Waals surface area contributed by atoms with Crippen molar-refractivity contribution in [1.82, 2.24) is 10.2 Å². The van der Waals surface area contributed by atoms with Gasteiger partial charge in [-0.15, -0.1) is 0 Å². The molecule has 7 heteroatoms. The molecule has 1 saturated heterocycles. The Morgan fingerprint density at radius 2 is 2.13 bits per heavy atom. The number of aliphatic carboxylic acids is 1. The lowest BCUT2D eigenvalue weighted by molar-refractivity contribution is -0.141. The smallest absolute Gasteiger partial charge is 0.410 e. The number of hydrogen-bond acceptors (Lipinski definition) is 5. The lowest BCUT2D eigenvalue weighted by atomic mass is 9.85. The van der Waals surface area contributed by atoms with Crippen LogP contribution < -0.4 is 5.32 Å². The van der Waals surface area contributed by atoms with Crippen LogP contribution >= 0.6 is 11.3 Å². The van der Waals surface area contributed by atoms with Gasteiger partial charge < -0.3 is 20.1 Å². The number of amides is 1. The van der Waals surface area contributed by atoms with Crippen molar-refractivity contribution in [3.8, 4) is 0 Å². The molecule has 1 aliphatic rings. The number of carbonyl (C=O) groups excluding carboxylic acids is 1. The van der Waals surface area contributed by atoms with E-state index in [1.807, 2.05) is 44.5 Å². The number of carboxylic acid groups (broad SMARTS) is 1. The van der Waals surface area contributed by atoms with E-state index in [1.165, 1.54) is 0 Å². The van der Waals surface area contributed by atoms with Crippen molar-refractivity contribution in [2.45, 2.75) is 51.3 Å². The molecule has 1 fully saturated rings. The predicted molar refractivity (Wildman–Crippen MR) is 88.7 cm³/mol. The molecule has 0 bridgehead atoms. The molecule has 1 unspecified atom stereocenters. The third-order valence-corrected chi connectivity index (χ3v) is 4.40. The zero-order valence-corrected chi connectivity index (χ0v) is 14.8. The molecule has 0 spiro atoms. The van der Waals surface area contributed by atoms with Gasteiger partial charge in [-0.05, 0) is 50.1 Å². The first-order valence-electron chi connectivity index (χ1n) is 7.60. The molecule has 0 saturated carbocycles. The molecular weight excluding hydrogens is 316 g/mol. The van der Waals surface area contributed by atoms with Crippen LogP contribution in [-0.2, 0) is 9.53 Å². The van der Waals surface area contributed by atoms with E-state index in [-0.39, 0.29) is 12.5 Å². The fourth-order valence-electron chi connectivity index (χ4n) is 2.75. The van der Waals surface area contributed by atoms with E-state index in [1.54, 1.807) is 16.2 Å². The molecule has 23 heavy (non-hydrogen) atoms. The van der Waals surface area contributed by atoms with Crippen LogP contribution in [0.5, 0.6) is 0 Å². The van der Waals surface area contributed by atoms with E-state index in [2.05, 4.69) is 5.32 Å². The molecule has 1 aliphatic heterocycles. The summed E-state index contributed by atoms with van der Waals surface area (Å²) in [6.45, 7) is 8.11. The quantitative estimate of drug-likeness (QED) is 0.862. The number of thiophene rings is 1. The van der Waals surface area contributed by atoms with Crippen molar-refractivity contribution < 1.29 is 19.4 Å². The van der Waals surface area contributed by atoms with Gasteiger partial charge in [0, 0.05) is 19.1 Å². The number of hydrogen-bond donors (Lipinski definition) is 2. The molecule has 0 radical (unpaired) electrons. The largest absolute Gasteiger partial charge is 0.481 e. The van der Waals surface area contributed by atoms with Gasteiger partial charge >= 0.3 is 12.1 Å². The van der Waals surface area contributed by atoms with Gasteiger partial charge in [0.15, 0.2) is 0 Å². The van der Waals surface area contributed by atoms with Gasteiger partial charge in [0.05, 0.1) is 12.0 Å². The van der Waals surface area contributed by atoms with Crippen LogP contribution in [0, 0.1) is 0 Å². The Hall–Kier alpha value is -1.60. The SMILES string of the molecule is CC(NC1(CC(=O)O)CN(C(=O)OC(C)(C)C)C1)c1ccsc1. The molecule has 128 valence electrons. The van der Waals surface area contributed by atoms with Crippen LogP contribution in [0.25, 0.3) is 0 Å². The lowest BCUT2D eigenvalue weighted by Gasteiger charge is -2.50. The van der Waals surface area contributed by atoms with Crippen molar-refractivity contribution in [3.05, 3.63) is 22.4 Å². The first-order chi connectivity index (χ1) is 10.6. The van der Waals surface area contributed by atoms with Crippen LogP contribution in [-0.4, -0.2) is 46.3 Å². The molecule has 0 aliphatic carbocycles. The number of likely N-dealkylation sites (tertiary alicyclic amines) is 1. The van der Waals surface area contributed by atoms with E-state index < -0.39 is 23.2 Å². The Morgan fingerprint density at radius 1 is 1.48 bits per heavy atom. The summed E-state index contributed by atoms with van der Waals surface area (Å²) in [5.74, 6) is -0.876. The molecule has 2 rings (SSSR count). The number of carboxylic acids is 1. The van der Waals surface area contributed by atoms with E-state index in [0.29, 0.717) is 13.1 Å². The summed E-state index contributed by atoms with van der Waals surface area (Å²) in [5, 5.41) is 16.6. The zero-order chi connectivity index (χ0) is 17.3. The van der Waals surface area contributed by atoms with Gasteiger partial charge in [-0.1, -0.05) is 0 Å². The second-order valence-electron chi connectivity index (χ2n) is 7.11. The molecular formula is C16H24N2O4S. The van der Waals surface area contributed by atoms with Crippen molar-refractivity contribution in [2.24, 2.45) is 0 Å². The fraction of sp³-hybridized carbons (Fsp3) is 0.625. The highest BCUT2D eigenvalue weighted by atomic mass is 32.1. The van der Waals surface area contributed by atoms with E-state index in [4.69, 9.17) is 4.74 Å². The van der Waals surface area contributed by atoms with Gasteiger partial charge in [0.25, 0.3) is 0 Å². The van der Waals surface area contributed by atoms with Crippen molar-refractivity contribution in [3.63, 3.8) is 0 Å². The first kappa shape index (κ1) is 17.7. The van der Waals surface area contributed by atoms with E-state index in [9.17, 15) is 14.7 Å². The highest BCUT2D eigenvalue weighted by Crippen LogP contribution is 2.30. The van der Waals surface area contributed by atoms with Gasteiger partial charge in [0.1, 0.15) is 5.60 Å². The molecule has 2 heterocycles. The summed E-state index contributed by atoms with van der Waals surface area (Å²) in [7, 11) is 0. The summed E-state index contributed by atoms with van der Waals surface area (Å²) in [6.07, 6.45) is -0.427. The summed E-state index contributed by atoms with van der Waals surface area (Å²) < 4.78 is 5.33. The van der Waals surface area contributed by atoms with Crippen LogP contribution in [0.1, 0.15) is 45.7 Å². The normalized spacial score (nSPS) is 18.2. The molecule has 1 aromatic heterocycles. The highest BCUT2D eigenvalue weighted by molar-refractivity contribution is 7.07. The maximum atomic E-state index is 12.1. The number of rotatable bonds is 5. The van der Waals surface area contributed by atoms with Crippen LogP contribution in [0.4, 0.5) is 4.79 Å². The molecule has 1 aromatic rings. The average molecular weight is 340 g/mol. The van der Waals surface area contributed by atoms with Crippen LogP contribution in [0.2, 0.25) is 0 Å². The number of carbonyl (C=O) groups is 2. The molecule has 2 N–H and O–H groups in total. The van der Waals surface area contributed by atoms with Gasteiger partial charge in [-0.25, -0.2) is 4.79 Å². The fourth-order valence-corrected chi connectivity index (χ4v) is 3.50. The topological polar surface area (TPSA) is 78.9 Å². The average Bonchev–Trinajstić information content (AvgIpc) is 2.85. The van der Waals surface area contributed by atoms with E-state index in [0.717, 1.165) is 5.56 Å². The summed E-state index contributed by atoms with van der Waals surface area (Å²) in [4.78, 5) is 24.8. The second kappa shape index (κ2) is 6.49. The van der Waals surface area contributed by atoms with Crippen molar-refractivity contribution in [2.75, 3.05) is 13.1 Å². The van der Waals surface area contributed by atoms with Gasteiger partial charge in [-0.3, -0.25) is 4.79 Å². The minimum atomic E-state index is -0.876. The van der Waals surface area contributed by atoms with Crippen molar-refractivity contribution >= 4 is 23.4 Å². The Bertz CT molecular complexity index is 559. The molecule has 1 amide bonds. The molecule has 6 nitrogen and oxygen atoms in total. The Balaban J connectivity index is 2.00. The van der Waals surface area contributed by atoms with Gasteiger partial charge in [0.2, 0.25) is 0 Å². The summed E-state index contributed by atoms with van der Waals surface area (Å²) in [6, 6.07) is 2.04. The highest BCUT2D eigenvalue weighted by Gasteiger charge is 2.48. The minimum absolute atomic E-state index is 0.0270. The lowest BCUT2D eigenvalue weighted by Crippen LogP contribution is -2.71. The Kier molecular flexibility index (Phi) is 5.01. The predicted octanol–water partition coefficient (Wildman–Crippen LogP) is 2.86. The number of nitrogens with one attached hydrogen (secondary N) is 1. The van der Waals surface area contributed by atoms with Crippen LogP contribution in [0.15, 0.2) is 16.8 Å². The Labute approximate surface area is 140 Å². The monoisotopic (exact) mass is 340 g/mol. The maximum absolute atomic E-state index is 12.1. The summed E-state index contributed by atoms with van der Waals surface area (Å²) >= 11 is 1.60. The second-order valence-corrected chi connectivity index (χ2v) is 7.89. The standard InChI is InChI=1S/C16H24N2O4S/c1-11(12-5-6-23-8-12)17-16(7-13(19)20)9-18(10-16)14(21)22-15(2,3)4/h5-6,8,11,17H,7,9-10H2,1-4H3,(H,19,20). The third kappa shape index (κ3) is 4.68. The first-order valence-corrected chi connectivity index (χ1v) is 8.54. The number of nitrogens with zero attached hydrogens (tertiary/aromatic N) is 1.